The van der Waals surface area contributed by atoms with Gasteiger partial charge in [-0.15, -0.1) is 0 Å². The summed E-state index contributed by atoms with van der Waals surface area (Å²) in [7, 11) is 0. The third-order valence-electron chi connectivity index (χ3n) is 0. The van der Waals surface area contributed by atoms with Gasteiger partial charge in [-0.1, -0.05) is 0 Å². The summed E-state index contributed by atoms with van der Waals surface area (Å²) in [6.07, 6.45) is 0. The first-order chi connectivity index (χ1) is 2.00. The standard InChI is InChI=1S/BrCl3P/c1-5(2,3)4/q+1. The van der Waals surface area contributed by atoms with Crippen molar-refractivity contribution in [2.75, 3.05) is 0 Å². The third-order valence-corrected chi connectivity index (χ3v) is 0. The molecular weight excluding hydrogens is 217 g/mol. The number of rotatable bonds is 0. The summed E-state index contributed by atoms with van der Waals surface area (Å²) in [6, 6.07) is 0. The van der Waals surface area contributed by atoms with Crippen LogP contribution in [0.5, 0.6) is 0 Å². The van der Waals surface area contributed by atoms with Crippen LogP contribution < -0.4 is 0 Å². The maximum Gasteiger partial charge on any atom is 0.373 e. The molecule has 0 N–H and O–H groups in total. The Morgan fingerprint density at radius 1 is 1.20 bits per heavy atom. The normalized spacial score (nSPS) is 12.0. The van der Waals surface area contributed by atoms with Crippen LogP contribution in [0.15, 0.2) is 0 Å². The highest BCUT2D eigenvalue weighted by Crippen LogP contribution is 2.80. The van der Waals surface area contributed by atoms with Gasteiger partial charge in [0.25, 0.3) is 0 Å². The van der Waals surface area contributed by atoms with Crippen molar-refractivity contribution in [3.8, 4) is 0 Å². The van der Waals surface area contributed by atoms with Crippen molar-refractivity contribution in [2.45, 2.75) is 0 Å². The Morgan fingerprint density at radius 2 is 1.20 bits per heavy atom. The van der Waals surface area contributed by atoms with Gasteiger partial charge in [-0.05, 0) is 0 Å². The first-order valence-electron chi connectivity index (χ1n) is 0.676. The topological polar surface area (TPSA) is 0 Å². The van der Waals surface area contributed by atoms with E-state index >= 15 is 0 Å². The molecule has 0 saturated carbocycles. The lowest BCUT2D eigenvalue weighted by Gasteiger charge is -1.74. The molecule has 0 fully saturated rings. The van der Waals surface area contributed by atoms with Gasteiger partial charge >= 0.3 is 4.02 Å². The summed E-state index contributed by atoms with van der Waals surface area (Å²) in [6.45, 7) is 0. The van der Waals surface area contributed by atoms with E-state index in [0.29, 0.717) is 0 Å². The van der Waals surface area contributed by atoms with Gasteiger partial charge in [-0.25, -0.2) is 0 Å². The Labute approximate surface area is 53.2 Å². The minimum atomic E-state index is -2.16. The monoisotopic (exact) mass is 215 g/mol. The quantitative estimate of drug-likeness (QED) is 0.542. The van der Waals surface area contributed by atoms with E-state index in [1.165, 1.54) is 0 Å². The fourth-order valence-electron chi connectivity index (χ4n) is 0. The molecular formula is BrCl3P+. The summed E-state index contributed by atoms with van der Waals surface area (Å²) < 4.78 is -2.16. The predicted octanol–water partition coefficient (Wildman–Crippen LogP) is 3.78. The molecule has 0 rings (SSSR count). The zero-order chi connectivity index (χ0) is 4.50. The highest BCUT2D eigenvalue weighted by Gasteiger charge is 2.27. The van der Waals surface area contributed by atoms with Gasteiger partial charge in [0.15, 0.2) is 0 Å². The molecule has 0 aliphatic carbocycles. The van der Waals surface area contributed by atoms with Crippen LogP contribution in [-0.4, -0.2) is 0 Å². The Hall–Kier alpha value is 1.78. The lowest BCUT2D eigenvalue weighted by atomic mass is 30.4. The van der Waals surface area contributed by atoms with Crippen molar-refractivity contribution in [1.29, 1.82) is 0 Å². The molecule has 0 saturated heterocycles. The van der Waals surface area contributed by atoms with Gasteiger partial charge in [0.05, 0.1) is 0 Å². The second-order valence-electron chi connectivity index (χ2n) is 0.383. The van der Waals surface area contributed by atoms with E-state index in [0.717, 1.165) is 0 Å². The van der Waals surface area contributed by atoms with Gasteiger partial charge in [-0.3, -0.25) is 0 Å². The molecule has 0 radical (unpaired) electrons. The van der Waals surface area contributed by atoms with Gasteiger partial charge in [0.1, 0.15) is 33.7 Å². The van der Waals surface area contributed by atoms with E-state index in [1.807, 2.05) is 0 Å². The minimum absolute atomic E-state index is 2.16. The molecule has 0 aromatic rings. The smallest absolute Gasteiger partial charge is 0.141 e. The maximum atomic E-state index is 5.09. The van der Waals surface area contributed by atoms with E-state index in [1.54, 1.807) is 0 Å². The van der Waals surface area contributed by atoms with E-state index in [9.17, 15) is 0 Å². The molecule has 0 atom stereocenters. The van der Waals surface area contributed by atoms with Crippen molar-refractivity contribution in [1.82, 2.24) is 0 Å². The average molecular weight is 217 g/mol. The lowest BCUT2D eigenvalue weighted by Crippen LogP contribution is -1.21. The fourth-order valence-corrected chi connectivity index (χ4v) is 0. The predicted molar refractivity (Wildman–Crippen MR) is 33.4 cm³/mol. The van der Waals surface area contributed by atoms with Crippen LogP contribution in [0.2, 0.25) is 0 Å². The summed E-state index contributed by atoms with van der Waals surface area (Å²) in [5, 5.41) is 0. The van der Waals surface area contributed by atoms with Gasteiger partial charge in [0, 0.05) is 0 Å². The maximum absolute atomic E-state index is 5.09. The molecule has 32 valence electrons. The average Bonchev–Trinajstić information content (AvgIpc) is 0.722. The van der Waals surface area contributed by atoms with Crippen LogP contribution in [-0.2, 0) is 0 Å². The number of halogens is 4. The van der Waals surface area contributed by atoms with Crippen LogP contribution in [0, 0.1) is 0 Å². The van der Waals surface area contributed by atoms with E-state index in [4.69, 9.17) is 33.7 Å². The van der Waals surface area contributed by atoms with E-state index in [2.05, 4.69) is 15.5 Å². The third kappa shape index (κ3) is 26.1. The summed E-state index contributed by atoms with van der Waals surface area (Å²) in [5.74, 6) is 0. The Kier molecular flexibility index (Phi) is 2.96. The second-order valence-corrected chi connectivity index (χ2v) is 14.1. The van der Waals surface area contributed by atoms with Crippen molar-refractivity contribution >= 4 is 53.2 Å². The van der Waals surface area contributed by atoms with E-state index < -0.39 is 4.02 Å². The molecule has 0 bridgehead atoms. The fraction of sp³-hybridized carbons (Fsp3) is 0. The molecule has 0 unspecified atom stereocenters. The molecule has 0 heterocycles. The summed E-state index contributed by atoms with van der Waals surface area (Å²) in [5.41, 5.74) is 0. The molecule has 0 aromatic heterocycles. The molecule has 5 heteroatoms. The molecule has 0 aromatic carbocycles. The zero-order valence-electron chi connectivity index (χ0n) is 1.96. The lowest BCUT2D eigenvalue weighted by molar-refractivity contribution is 4.49. The first-order valence-corrected chi connectivity index (χ1v) is 7.20. The van der Waals surface area contributed by atoms with Crippen molar-refractivity contribution in [3.05, 3.63) is 0 Å². The highest BCUT2D eigenvalue weighted by molar-refractivity contribution is 9.50. The Bertz CT molecular complexity index is 22.4. The number of hydrogen-bond donors (Lipinski definition) is 0. The molecule has 0 spiro atoms. The molecule has 0 amide bonds. The first kappa shape index (κ1) is 6.78. The molecule has 0 nitrogen and oxygen atoms in total. The van der Waals surface area contributed by atoms with Gasteiger partial charge in [-0.2, -0.15) is 0 Å². The number of hydrogen-bond acceptors (Lipinski definition) is 0. The van der Waals surface area contributed by atoms with Crippen molar-refractivity contribution < 1.29 is 0 Å². The Balaban J connectivity index is 3.02. The minimum Gasteiger partial charge on any atom is 0.141 e. The highest BCUT2D eigenvalue weighted by atomic mass is 79.9. The molecule has 0 aliphatic rings. The van der Waals surface area contributed by atoms with Crippen molar-refractivity contribution in [3.63, 3.8) is 0 Å². The van der Waals surface area contributed by atoms with Crippen LogP contribution >= 0.6 is 53.2 Å². The summed E-state index contributed by atoms with van der Waals surface area (Å²) in [4.78, 5) is 0. The van der Waals surface area contributed by atoms with Crippen molar-refractivity contribution in [2.24, 2.45) is 0 Å². The Morgan fingerprint density at radius 3 is 1.20 bits per heavy atom. The van der Waals surface area contributed by atoms with Gasteiger partial charge in [0.2, 0.25) is 15.5 Å². The van der Waals surface area contributed by atoms with Crippen LogP contribution in [0.1, 0.15) is 0 Å². The molecule has 5 heavy (non-hydrogen) atoms. The largest absolute Gasteiger partial charge is 0.373 e. The molecule has 0 aliphatic heterocycles. The summed E-state index contributed by atoms with van der Waals surface area (Å²) >= 11 is 18.0. The second kappa shape index (κ2) is 2.18. The van der Waals surface area contributed by atoms with Crippen LogP contribution in [0.25, 0.3) is 0 Å². The van der Waals surface area contributed by atoms with Gasteiger partial charge < -0.3 is 0 Å². The van der Waals surface area contributed by atoms with E-state index in [-0.39, 0.29) is 0 Å². The van der Waals surface area contributed by atoms with Crippen LogP contribution in [0.3, 0.4) is 0 Å². The van der Waals surface area contributed by atoms with Crippen LogP contribution in [0.4, 0.5) is 0 Å². The SMILES string of the molecule is Cl[P+](Cl)(Cl)Br. The zero-order valence-corrected chi connectivity index (χ0v) is 6.71.